The van der Waals surface area contributed by atoms with Crippen LogP contribution >= 0.6 is 0 Å². The zero-order valence-corrected chi connectivity index (χ0v) is 16.7. The monoisotopic (exact) mass is 374 g/mol. The van der Waals surface area contributed by atoms with Gasteiger partial charge in [0.05, 0.1) is 14.9 Å². The van der Waals surface area contributed by atoms with Gasteiger partial charge in [0.15, 0.2) is 11.9 Å². The number of hydrogen-bond acceptors (Lipinski definition) is 1. The van der Waals surface area contributed by atoms with Crippen molar-refractivity contribution < 1.29 is 15.8 Å². The molecule has 0 unspecified atom stereocenters. The van der Waals surface area contributed by atoms with Crippen molar-refractivity contribution in [1.82, 2.24) is 0 Å². The molecule has 3 nitrogen and oxygen atoms in total. The first-order valence-corrected chi connectivity index (χ1v) is 9.15. The molecule has 28 heavy (non-hydrogen) atoms. The highest BCUT2D eigenvalue weighted by molar-refractivity contribution is 6.10. The molecule has 0 atom stereocenters. The third kappa shape index (κ3) is 3.16. The molecule has 0 spiro atoms. The molecular weight excluding hydrogens is 344 g/mol. The summed E-state index contributed by atoms with van der Waals surface area (Å²) < 4.78 is 51.2. The van der Waals surface area contributed by atoms with Gasteiger partial charge in [-0.1, -0.05) is 45.0 Å². The number of aryl methyl sites for hydroxylation is 1. The second-order valence-corrected chi connectivity index (χ2v) is 8.05. The average molecular weight is 375 g/mol. The van der Waals surface area contributed by atoms with E-state index in [4.69, 9.17) is 17.8 Å². The lowest BCUT2D eigenvalue weighted by Crippen LogP contribution is -2.31. The Bertz CT molecular complexity index is 1490. The SMILES string of the molecule is [2H]c1c(C([2H])([2H])C(C)(C)C)c([2H])c(-c2c(C)ccc3c2oc2cc([N+]#[C-])ccc23)[n+](C)c1[2H]. The van der Waals surface area contributed by atoms with E-state index in [0.717, 1.165) is 16.3 Å². The number of hydrogen-bond donors (Lipinski definition) is 0. The standard InChI is InChI=1S/C25H25N2O/c1-16-7-9-20-19-10-8-18(26-5)14-22(19)28-24(20)23(16)21-13-17(11-12-27(21)6)15-25(2,3)4/h7-14H,15H2,1-4,6H3/q+1/i11D,12D,13D,15D2. The summed E-state index contributed by atoms with van der Waals surface area (Å²) in [5.41, 5.74) is 2.24. The van der Waals surface area contributed by atoms with Gasteiger partial charge < -0.3 is 4.42 Å². The molecule has 0 fully saturated rings. The van der Waals surface area contributed by atoms with E-state index in [0.29, 0.717) is 28.1 Å². The fourth-order valence-electron chi connectivity index (χ4n) is 3.39. The summed E-state index contributed by atoms with van der Waals surface area (Å²) in [6, 6.07) is 8.66. The molecular formula is C25H25N2O+. The van der Waals surface area contributed by atoms with Crippen molar-refractivity contribution in [3.8, 4) is 11.3 Å². The minimum Gasteiger partial charge on any atom is -0.456 e. The van der Waals surface area contributed by atoms with Gasteiger partial charge in [-0.2, -0.15) is 0 Å². The molecule has 2 aromatic carbocycles. The largest absolute Gasteiger partial charge is 0.456 e. The Morgan fingerprint density at radius 2 is 1.96 bits per heavy atom. The number of rotatable bonds is 2. The molecule has 2 aromatic heterocycles. The summed E-state index contributed by atoms with van der Waals surface area (Å²) in [5, 5.41) is 1.64. The molecule has 0 amide bonds. The van der Waals surface area contributed by atoms with Gasteiger partial charge in [0.1, 0.15) is 19.6 Å². The predicted octanol–water partition coefficient (Wildman–Crippen LogP) is 6.53. The van der Waals surface area contributed by atoms with Gasteiger partial charge in [0.25, 0.3) is 0 Å². The molecule has 0 saturated carbocycles. The maximum Gasteiger partial charge on any atom is 0.216 e. The summed E-state index contributed by atoms with van der Waals surface area (Å²) >= 11 is 0. The van der Waals surface area contributed by atoms with Crippen LogP contribution in [0.4, 0.5) is 5.69 Å². The number of pyridine rings is 1. The number of benzene rings is 2. The van der Waals surface area contributed by atoms with Crippen molar-refractivity contribution >= 4 is 27.6 Å². The summed E-state index contributed by atoms with van der Waals surface area (Å²) in [6.07, 6.45) is -2.19. The molecule has 0 aliphatic heterocycles. The maximum absolute atomic E-state index is 9.02. The molecule has 0 radical (unpaired) electrons. The van der Waals surface area contributed by atoms with Crippen LogP contribution < -0.4 is 4.57 Å². The Balaban J connectivity index is 2.17. The quantitative estimate of drug-likeness (QED) is 0.289. The Morgan fingerprint density at radius 1 is 1.21 bits per heavy atom. The van der Waals surface area contributed by atoms with Crippen molar-refractivity contribution in [3.63, 3.8) is 0 Å². The molecule has 0 N–H and O–H groups in total. The van der Waals surface area contributed by atoms with Crippen LogP contribution in [0.5, 0.6) is 0 Å². The van der Waals surface area contributed by atoms with Crippen LogP contribution in [0.2, 0.25) is 0 Å². The fourth-order valence-corrected chi connectivity index (χ4v) is 3.39. The van der Waals surface area contributed by atoms with Crippen LogP contribution in [-0.4, -0.2) is 0 Å². The van der Waals surface area contributed by atoms with Gasteiger partial charge in [-0.05, 0) is 35.9 Å². The number of furan rings is 1. The van der Waals surface area contributed by atoms with Crippen molar-refractivity contribution in [2.24, 2.45) is 12.5 Å². The Morgan fingerprint density at radius 3 is 2.68 bits per heavy atom. The first-order chi connectivity index (χ1) is 15.3. The third-order valence-corrected chi connectivity index (χ3v) is 4.63. The van der Waals surface area contributed by atoms with E-state index in [1.807, 2.05) is 25.1 Å². The normalized spacial score (nSPS) is 14.9. The Hall–Kier alpha value is -3.12. The Labute approximate surface area is 173 Å². The fraction of sp³-hybridized carbons (Fsp3) is 0.280. The lowest BCUT2D eigenvalue weighted by Gasteiger charge is -2.18. The molecule has 2 heterocycles. The maximum atomic E-state index is 9.02. The average Bonchev–Trinajstić information content (AvgIpc) is 3.10. The van der Waals surface area contributed by atoms with Crippen LogP contribution in [0.3, 0.4) is 0 Å². The van der Waals surface area contributed by atoms with E-state index in [2.05, 4.69) is 4.85 Å². The molecule has 0 bridgehead atoms. The van der Waals surface area contributed by atoms with E-state index in [-0.39, 0.29) is 23.8 Å². The van der Waals surface area contributed by atoms with Crippen molar-refractivity contribution in [1.29, 1.82) is 0 Å². The van der Waals surface area contributed by atoms with Gasteiger partial charge in [-0.15, -0.1) is 0 Å². The highest BCUT2D eigenvalue weighted by Gasteiger charge is 2.22. The van der Waals surface area contributed by atoms with Gasteiger partial charge in [0.2, 0.25) is 5.69 Å². The van der Waals surface area contributed by atoms with Crippen LogP contribution in [0.15, 0.2) is 53.0 Å². The van der Waals surface area contributed by atoms with E-state index in [1.165, 1.54) is 4.57 Å². The molecule has 3 heteroatoms. The van der Waals surface area contributed by atoms with Crippen LogP contribution in [0, 0.1) is 18.9 Å². The summed E-state index contributed by atoms with van der Waals surface area (Å²) in [6.45, 7) is 14.3. The van der Waals surface area contributed by atoms with Crippen molar-refractivity contribution in [2.75, 3.05) is 0 Å². The topological polar surface area (TPSA) is 21.4 Å². The van der Waals surface area contributed by atoms with E-state index >= 15 is 0 Å². The van der Waals surface area contributed by atoms with E-state index in [1.54, 1.807) is 40.0 Å². The number of aromatic nitrogens is 1. The van der Waals surface area contributed by atoms with Crippen molar-refractivity contribution in [2.45, 2.75) is 34.1 Å². The molecule has 4 rings (SSSR count). The second-order valence-electron chi connectivity index (χ2n) is 8.05. The summed E-state index contributed by atoms with van der Waals surface area (Å²) in [7, 11) is 1.61. The second kappa shape index (κ2) is 6.49. The minimum absolute atomic E-state index is 0.101. The Kier molecular flexibility index (Phi) is 3.04. The van der Waals surface area contributed by atoms with E-state index in [9.17, 15) is 0 Å². The summed E-state index contributed by atoms with van der Waals surface area (Å²) in [5.74, 6) is 0. The summed E-state index contributed by atoms with van der Waals surface area (Å²) in [4.78, 5) is 3.47. The van der Waals surface area contributed by atoms with Gasteiger partial charge in [-0.25, -0.2) is 9.41 Å². The van der Waals surface area contributed by atoms with Gasteiger partial charge in [-0.3, -0.25) is 0 Å². The van der Waals surface area contributed by atoms with Crippen LogP contribution in [-0.2, 0) is 13.4 Å². The van der Waals surface area contributed by atoms with Gasteiger partial charge in [0, 0.05) is 25.6 Å². The minimum atomic E-state index is -2.01. The van der Waals surface area contributed by atoms with Crippen LogP contribution in [0.25, 0.3) is 38.0 Å². The smallest absolute Gasteiger partial charge is 0.216 e. The first kappa shape index (κ1) is 13.1. The zero-order valence-electron chi connectivity index (χ0n) is 21.7. The van der Waals surface area contributed by atoms with E-state index < -0.39 is 11.8 Å². The highest BCUT2D eigenvalue weighted by Crippen LogP contribution is 2.38. The molecule has 0 saturated heterocycles. The third-order valence-electron chi connectivity index (χ3n) is 4.63. The zero-order chi connectivity index (χ0) is 24.5. The number of fused-ring (bicyclic) bond motifs is 3. The molecule has 140 valence electrons. The lowest BCUT2D eigenvalue weighted by molar-refractivity contribution is -0.660. The van der Waals surface area contributed by atoms with Gasteiger partial charge >= 0.3 is 0 Å². The lowest BCUT2D eigenvalue weighted by atomic mass is 9.88. The predicted molar refractivity (Wildman–Crippen MR) is 114 cm³/mol. The first-order valence-electron chi connectivity index (χ1n) is 11.6. The number of nitrogens with zero attached hydrogens (tertiary/aromatic N) is 2. The van der Waals surface area contributed by atoms with Crippen molar-refractivity contribution in [3.05, 3.63) is 71.1 Å². The van der Waals surface area contributed by atoms with Crippen LogP contribution in [0.1, 0.15) is 38.8 Å². The molecule has 0 aliphatic carbocycles. The molecule has 4 aromatic rings. The molecule has 0 aliphatic rings. The highest BCUT2D eigenvalue weighted by atomic mass is 16.3.